The van der Waals surface area contributed by atoms with E-state index in [1.807, 2.05) is 33.8 Å². The van der Waals surface area contributed by atoms with Crippen LogP contribution in [-0.2, 0) is 0 Å². The molecule has 2 amide bonds. The largest absolute Gasteiger partial charge is 0.274 e. The van der Waals surface area contributed by atoms with Crippen LogP contribution in [0, 0.1) is 6.92 Å². The summed E-state index contributed by atoms with van der Waals surface area (Å²) in [4.78, 5) is 25.3. The number of hydrogen-bond acceptors (Lipinski definition) is 2. The van der Waals surface area contributed by atoms with Gasteiger partial charge in [-0.2, -0.15) is 0 Å². The molecule has 0 fully saturated rings. The Balaban J connectivity index is 0.000000771. The minimum absolute atomic E-state index is 0.142. The second-order valence-corrected chi connectivity index (χ2v) is 4.16. The molecule has 98 valence electrons. The van der Waals surface area contributed by atoms with Crippen LogP contribution in [0.3, 0.4) is 0 Å². The number of amides is 2. The molecule has 0 atom stereocenters. The molecule has 0 N–H and O–H groups in total. The third-order valence-corrected chi connectivity index (χ3v) is 2.86. The van der Waals surface area contributed by atoms with Crippen LogP contribution in [0.1, 0.15) is 59.9 Å². The predicted molar refractivity (Wildman–Crippen MR) is 72.8 cm³/mol. The lowest BCUT2D eigenvalue weighted by Crippen LogP contribution is -2.30. The van der Waals surface area contributed by atoms with Gasteiger partial charge in [0.1, 0.15) is 0 Å². The maximum atomic E-state index is 12.0. The van der Waals surface area contributed by atoms with Gasteiger partial charge < -0.3 is 0 Å². The first-order valence-corrected chi connectivity index (χ1v) is 6.62. The van der Waals surface area contributed by atoms with Crippen LogP contribution in [0.15, 0.2) is 18.2 Å². The molecule has 1 aliphatic rings. The third kappa shape index (κ3) is 2.61. The van der Waals surface area contributed by atoms with Crippen LogP contribution < -0.4 is 0 Å². The summed E-state index contributed by atoms with van der Waals surface area (Å²) in [6, 6.07) is 5.41. The van der Waals surface area contributed by atoms with Crippen molar-refractivity contribution in [2.24, 2.45) is 0 Å². The lowest BCUT2D eigenvalue weighted by atomic mass is 10.1. The van der Waals surface area contributed by atoms with Gasteiger partial charge in [0.25, 0.3) is 11.8 Å². The molecule has 1 aromatic rings. The normalized spacial score (nSPS) is 13.2. The number of hydrogen-bond donors (Lipinski definition) is 0. The number of aryl methyl sites for hydroxylation is 1. The van der Waals surface area contributed by atoms with Gasteiger partial charge in [0.05, 0.1) is 11.1 Å². The van der Waals surface area contributed by atoms with Crippen LogP contribution in [-0.4, -0.2) is 23.3 Å². The summed E-state index contributed by atoms with van der Waals surface area (Å²) >= 11 is 0. The first-order valence-electron chi connectivity index (χ1n) is 6.62. The minimum Gasteiger partial charge on any atom is -0.274 e. The van der Waals surface area contributed by atoms with Crippen LogP contribution in [0.2, 0.25) is 0 Å². The Morgan fingerprint density at radius 1 is 1.06 bits per heavy atom. The number of carbonyl (C=O) groups is 2. The summed E-state index contributed by atoms with van der Waals surface area (Å²) in [5.41, 5.74) is 2.12. The van der Waals surface area contributed by atoms with Crippen molar-refractivity contribution in [1.82, 2.24) is 4.90 Å². The number of imide groups is 1. The van der Waals surface area contributed by atoms with Crippen LogP contribution >= 0.6 is 0 Å². The van der Waals surface area contributed by atoms with E-state index in [4.69, 9.17) is 0 Å². The molecule has 0 unspecified atom stereocenters. The fourth-order valence-corrected chi connectivity index (χ4v) is 1.92. The average Bonchev–Trinajstić information content (AvgIpc) is 2.62. The number of nitrogens with zero attached hydrogens (tertiary/aromatic N) is 1. The van der Waals surface area contributed by atoms with Gasteiger partial charge in [-0.15, -0.1) is 0 Å². The molecule has 0 saturated heterocycles. The number of fused-ring (bicyclic) bond motifs is 1. The maximum absolute atomic E-state index is 12.0. The van der Waals surface area contributed by atoms with Crippen LogP contribution in [0.5, 0.6) is 0 Å². The summed E-state index contributed by atoms with van der Waals surface area (Å²) in [6.07, 6.45) is 1.84. The molecule has 0 spiro atoms. The van der Waals surface area contributed by atoms with Crippen molar-refractivity contribution in [2.75, 3.05) is 6.54 Å². The van der Waals surface area contributed by atoms with Crippen molar-refractivity contribution in [1.29, 1.82) is 0 Å². The molecule has 2 rings (SSSR count). The Labute approximate surface area is 109 Å². The van der Waals surface area contributed by atoms with Gasteiger partial charge in [-0.05, 0) is 25.5 Å². The van der Waals surface area contributed by atoms with Crippen molar-refractivity contribution < 1.29 is 9.59 Å². The van der Waals surface area contributed by atoms with E-state index in [0.717, 1.165) is 18.4 Å². The highest BCUT2D eigenvalue weighted by Gasteiger charge is 2.34. The molecular weight excluding hydrogens is 226 g/mol. The lowest BCUT2D eigenvalue weighted by molar-refractivity contribution is 0.0652. The second-order valence-electron chi connectivity index (χ2n) is 4.16. The fourth-order valence-electron chi connectivity index (χ4n) is 1.92. The first-order chi connectivity index (χ1) is 8.65. The standard InChI is InChI=1S/C13H15NO2.C2H6/c1-3-4-7-14-12(15)10-6-5-9(2)8-11(10)13(14)16;1-2/h5-6,8H,3-4,7H2,1-2H3;1-2H3. The monoisotopic (exact) mass is 247 g/mol. The van der Waals surface area contributed by atoms with E-state index in [9.17, 15) is 9.59 Å². The predicted octanol–water partition coefficient (Wildman–Crippen LogP) is 3.42. The van der Waals surface area contributed by atoms with Gasteiger partial charge >= 0.3 is 0 Å². The second kappa shape index (κ2) is 6.34. The Morgan fingerprint density at radius 2 is 1.67 bits per heavy atom. The Hall–Kier alpha value is -1.64. The van der Waals surface area contributed by atoms with E-state index >= 15 is 0 Å². The van der Waals surface area contributed by atoms with E-state index in [-0.39, 0.29) is 11.8 Å². The van der Waals surface area contributed by atoms with E-state index in [1.54, 1.807) is 12.1 Å². The molecule has 0 aromatic heterocycles. The van der Waals surface area contributed by atoms with Gasteiger partial charge in [-0.3, -0.25) is 14.5 Å². The zero-order chi connectivity index (χ0) is 13.7. The molecule has 0 radical (unpaired) electrons. The summed E-state index contributed by atoms with van der Waals surface area (Å²) in [5.74, 6) is -0.286. The molecule has 3 nitrogen and oxygen atoms in total. The highest BCUT2D eigenvalue weighted by atomic mass is 16.2. The number of carbonyl (C=O) groups excluding carboxylic acids is 2. The smallest absolute Gasteiger partial charge is 0.261 e. The number of rotatable bonds is 3. The quantitative estimate of drug-likeness (QED) is 0.767. The van der Waals surface area contributed by atoms with Crippen molar-refractivity contribution in [3.05, 3.63) is 34.9 Å². The Bertz CT molecular complexity index is 452. The first kappa shape index (κ1) is 14.4. The minimum atomic E-state index is -0.145. The molecule has 0 saturated carbocycles. The van der Waals surface area contributed by atoms with Gasteiger partial charge in [0.15, 0.2) is 0 Å². The van der Waals surface area contributed by atoms with Gasteiger partial charge in [-0.25, -0.2) is 0 Å². The Kier molecular flexibility index (Phi) is 5.08. The van der Waals surface area contributed by atoms with Crippen molar-refractivity contribution in [2.45, 2.75) is 40.5 Å². The number of unbranched alkanes of at least 4 members (excludes halogenated alkanes) is 1. The van der Waals surface area contributed by atoms with Crippen molar-refractivity contribution in [3.63, 3.8) is 0 Å². The summed E-state index contributed by atoms with van der Waals surface area (Å²) in [6.45, 7) is 8.50. The van der Waals surface area contributed by atoms with Gasteiger partial charge in [-0.1, -0.05) is 38.8 Å². The Morgan fingerprint density at radius 3 is 2.28 bits per heavy atom. The lowest BCUT2D eigenvalue weighted by Gasteiger charge is -2.12. The highest BCUT2D eigenvalue weighted by molar-refractivity contribution is 6.21. The zero-order valence-electron chi connectivity index (χ0n) is 11.6. The van der Waals surface area contributed by atoms with E-state index in [0.29, 0.717) is 17.7 Å². The zero-order valence-corrected chi connectivity index (χ0v) is 11.6. The number of benzene rings is 1. The molecule has 1 aromatic carbocycles. The molecule has 18 heavy (non-hydrogen) atoms. The van der Waals surface area contributed by atoms with E-state index in [2.05, 4.69) is 0 Å². The van der Waals surface area contributed by atoms with Crippen LogP contribution in [0.4, 0.5) is 0 Å². The molecule has 3 heteroatoms. The summed E-state index contributed by atoms with van der Waals surface area (Å²) < 4.78 is 0. The molecular formula is C15H21NO2. The molecule has 1 aliphatic heterocycles. The van der Waals surface area contributed by atoms with E-state index < -0.39 is 0 Å². The molecule has 0 aliphatic carbocycles. The fraction of sp³-hybridized carbons (Fsp3) is 0.467. The van der Waals surface area contributed by atoms with Gasteiger partial charge in [0, 0.05) is 6.54 Å². The highest BCUT2D eigenvalue weighted by Crippen LogP contribution is 2.23. The van der Waals surface area contributed by atoms with Crippen molar-refractivity contribution in [3.8, 4) is 0 Å². The summed E-state index contributed by atoms with van der Waals surface area (Å²) in [5, 5.41) is 0. The maximum Gasteiger partial charge on any atom is 0.261 e. The van der Waals surface area contributed by atoms with E-state index in [1.165, 1.54) is 4.90 Å². The molecule has 0 bridgehead atoms. The molecule has 1 heterocycles. The third-order valence-electron chi connectivity index (χ3n) is 2.86. The summed E-state index contributed by atoms with van der Waals surface area (Å²) in [7, 11) is 0. The van der Waals surface area contributed by atoms with Crippen molar-refractivity contribution >= 4 is 11.8 Å². The topological polar surface area (TPSA) is 37.4 Å². The average molecular weight is 247 g/mol. The van der Waals surface area contributed by atoms with Crippen LogP contribution in [0.25, 0.3) is 0 Å². The SMILES string of the molecule is CC.CCCCN1C(=O)c2ccc(C)cc2C1=O. The van der Waals surface area contributed by atoms with Gasteiger partial charge in [0.2, 0.25) is 0 Å².